The zero-order valence-electron chi connectivity index (χ0n) is 20.6. The molecule has 1 aromatic heterocycles. The molecule has 0 spiro atoms. The van der Waals surface area contributed by atoms with Crippen molar-refractivity contribution in [3.05, 3.63) is 69.9 Å². The number of hydrogen-bond acceptors (Lipinski definition) is 7. The third-order valence-corrected chi connectivity index (χ3v) is 11.8. The summed E-state index contributed by atoms with van der Waals surface area (Å²) in [5.41, 5.74) is -4.31. The van der Waals surface area contributed by atoms with Crippen molar-refractivity contribution in [1.29, 1.82) is 0 Å². The lowest BCUT2D eigenvalue weighted by atomic mass is 10.1. The number of esters is 1. The van der Waals surface area contributed by atoms with Crippen molar-refractivity contribution in [1.82, 2.24) is 4.98 Å². The molecule has 36 heavy (non-hydrogen) atoms. The van der Waals surface area contributed by atoms with E-state index < -0.39 is 46.4 Å². The van der Waals surface area contributed by atoms with Gasteiger partial charge in [0.05, 0.1) is 4.92 Å². The standard InChI is InChI=1S/C22H27F2N2O7PSi2/c1-35(2,3)32-34(30,33-36(4,5)6)22(23,24)16-7-12-19-15(13-16)14-20(25-19)21(27)31-18-10-8-17(9-11-18)26(28)29/h7-14,25H,1-6H3. The molecule has 0 atom stereocenters. The second-order valence-corrected chi connectivity index (χ2v) is 21.5. The summed E-state index contributed by atoms with van der Waals surface area (Å²) < 4.78 is 61.2. The number of fused-ring (bicyclic) bond motifs is 1. The quantitative estimate of drug-likeness (QED) is 0.0736. The van der Waals surface area contributed by atoms with Gasteiger partial charge in [-0.1, -0.05) is 6.07 Å². The van der Waals surface area contributed by atoms with Gasteiger partial charge in [0.2, 0.25) is 0 Å². The normalized spacial score (nSPS) is 13.1. The highest BCUT2D eigenvalue weighted by atomic mass is 31.2. The highest BCUT2D eigenvalue weighted by Gasteiger charge is 2.58. The number of nitrogens with zero attached hydrogens (tertiary/aromatic N) is 1. The Morgan fingerprint density at radius 1 is 0.972 bits per heavy atom. The van der Waals surface area contributed by atoms with Crippen LogP contribution in [-0.4, -0.2) is 32.5 Å². The summed E-state index contributed by atoms with van der Waals surface area (Å²) in [6.07, 6.45) is 0. The average Bonchev–Trinajstić information content (AvgIpc) is 3.15. The minimum atomic E-state index is -4.89. The maximum absolute atomic E-state index is 15.7. The molecule has 0 amide bonds. The van der Waals surface area contributed by atoms with Gasteiger partial charge in [0, 0.05) is 28.6 Å². The van der Waals surface area contributed by atoms with Crippen molar-refractivity contribution in [2.24, 2.45) is 0 Å². The molecule has 3 aromatic rings. The van der Waals surface area contributed by atoms with Crippen LogP contribution in [0.5, 0.6) is 5.75 Å². The van der Waals surface area contributed by atoms with Gasteiger partial charge < -0.3 is 18.1 Å². The van der Waals surface area contributed by atoms with Crippen LogP contribution in [0.2, 0.25) is 39.3 Å². The van der Waals surface area contributed by atoms with Crippen molar-refractivity contribution in [2.75, 3.05) is 0 Å². The lowest BCUT2D eigenvalue weighted by Gasteiger charge is -2.35. The van der Waals surface area contributed by atoms with E-state index in [1.165, 1.54) is 36.4 Å². The van der Waals surface area contributed by atoms with Gasteiger partial charge in [-0.3, -0.25) is 14.7 Å². The Hall–Kier alpha value is -2.71. The molecule has 14 heteroatoms. The van der Waals surface area contributed by atoms with Crippen LogP contribution >= 0.6 is 7.60 Å². The van der Waals surface area contributed by atoms with Gasteiger partial charge in [-0.2, -0.15) is 8.78 Å². The van der Waals surface area contributed by atoms with E-state index in [0.29, 0.717) is 5.52 Å². The smallest absolute Gasteiger partial charge is 0.385 e. The zero-order chi connectivity index (χ0) is 27.1. The van der Waals surface area contributed by atoms with Crippen molar-refractivity contribution < 1.29 is 36.2 Å². The molecular formula is C22H27F2N2O7PSi2. The first kappa shape index (κ1) is 27.9. The number of carbonyl (C=O) groups is 1. The SMILES string of the molecule is C[Si](C)(C)OP(=O)(O[Si](C)(C)C)C(F)(F)c1ccc2[nH]c(C(=O)Oc3ccc([N+](=O)[O-])cc3)cc2c1. The zero-order valence-corrected chi connectivity index (χ0v) is 23.5. The second-order valence-electron chi connectivity index (χ2n) is 10.1. The number of nitrogens with one attached hydrogen (secondary N) is 1. The summed E-state index contributed by atoms with van der Waals surface area (Å²) >= 11 is 0. The van der Waals surface area contributed by atoms with Crippen LogP contribution in [0.4, 0.5) is 14.5 Å². The van der Waals surface area contributed by atoms with Crippen LogP contribution in [0.15, 0.2) is 48.5 Å². The molecule has 9 nitrogen and oxygen atoms in total. The Morgan fingerprint density at radius 2 is 1.53 bits per heavy atom. The number of rotatable bonds is 9. The number of aromatic amines is 1. The van der Waals surface area contributed by atoms with E-state index in [1.807, 2.05) is 0 Å². The van der Waals surface area contributed by atoms with Gasteiger partial charge >= 0.3 is 19.2 Å². The van der Waals surface area contributed by atoms with E-state index in [2.05, 4.69) is 4.98 Å². The first-order valence-electron chi connectivity index (χ1n) is 10.9. The lowest BCUT2D eigenvalue weighted by Crippen LogP contribution is -2.34. The summed E-state index contributed by atoms with van der Waals surface area (Å²) in [6, 6.07) is 9.82. The molecule has 0 unspecified atom stereocenters. The summed E-state index contributed by atoms with van der Waals surface area (Å²) in [5, 5.41) is 11.0. The molecule has 2 aromatic carbocycles. The molecule has 3 rings (SSSR count). The van der Waals surface area contributed by atoms with Crippen LogP contribution in [0, 0.1) is 10.1 Å². The van der Waals surface area contributed by atoms with Crippen molar-refractivity contribution in [3.8, 4) is 5.75 Å². The number of halogens is 2. The highest BCUT2D eigenvalue weighted by Crippen LogP contribution is 2.69. The molecule has 0 saturated heterocycles. The van der Waals surface area contributed by atoms with Crippen LogP contribution in [0.1, 0.15) is 16.1 Å². The Morgan fingerprint density at radius 3 is 2.03 bits per heavy atom. The summed E-state index contributed by atoms with van der Waals surface area (Å²) in [7, 11) is -10.3. The first-order chi connectivity index (χ1) is 16.4. The fourth-order valence-corrected chi connectivity index (χ4v) is 10.9. The Balaban J connectivity index is 1.93. The highest BCUT2D eigenvalue weighted by molar-refractivity contribution is 7.57. The molecule has 0 radical (unpaired) electrons. The molecule has 0 aliphatic heterocycles. The minimum absolute atomic E-state index is 0.0244. The summed E-state index contributed by atoms with van der Waals surface area (Å²) in [5.74, 6) is -0.743. The van der Waals surface area contributed by atoms with E-state index in [1.54, 1.807) is 39.3 Å². The number of non-ortho nitro benzene ring substituents is 1. The molecule has 0 saturated carbocycles. The number of aromatic nitrogens is 1. The lowest BCUT2D eigenvalue weighted by molar-refractivity contribution is -0.384. The third kappa shape index (κ3) is 6.34. The molecule has 1 heterocycles. The maximum Gasteiger partial charge on any atom is 0.385 e. The van der Waals surface area contributed by atoms with Crippen LogP contribution in [0.3, 0.4) is 0 Å². The fraction of sp³-hybridized carbons (Fsp3) is 0.318. The second kappa shape index (κ2) is 9.63. The average molecular weight is 557 g/mol. The number of alkyl halides is 2. The van der Waals surface area contributed by atoms with Gasteiger partial charge in [0.25, 0.3) is 5.69 Å². The predicted molar refractivity (Wildman–Crippen MR) is 137 cm³/mol. The van der Waals surface area contributed by atoms with Gasteiger partial charge in [0.15, 0.2) is 16.6 Å². The van der Waals surface area contributed by atoms with Crippen LogP contribution in [0.25, 0.3) is 10.9 Å². The van der Waals surface area contributed by atoms with E-state index in [-0.39, 0.29) is 22.5 Å². The number of carbonyl (C=O) groups excluding carboxylic acids is 1. The van der Waals surface area contributed by atoms with E-state index in [9.17, 15) is 19.5 Å². The molecule has 0 bridgehead atoms. The molecule has 0 aliphatic rings. The van der Waals surface area contributed by atoms with E-state index in [4.69, 9.17) is 13.2 Å². The molecular weight excluding hydrogens is 529 g/mol. The predicted octanol–water partition coefficient (Wildman–Crippen LogP) is 7.24. The number of nitro groups is 1. The van der Waals surface area contributed by atoms with Crippen molar-refractivity contribution in [2.45, 2.75) is 44.9 Å². The van der Waals surface area contributed by atoms with E-state index >= 15 is 8.78 Å². The Labute approximate surface area is 208 Å². The number of ether oxygens (including phenoxy) is 1. The van der Waals surface area contributed by atoms with Crippen molar-refractivity contribution >= 4 is 46.8 Å². The maximum atomic E-state index is 15.7. The van der Waals surface area contributed by atoms with Crippen LogP contribution < -0.4 is 4.74 Å². The summed E-state index contributed by atoms with van der Waals surface area (Å²) in [4.78, 5) is 25.5. The number of nitro benzene ring substituents is 1. The van der Waals surface area contributed by atoms with Gasteiger partial charge in [-0.25, -0.2) is 4.79 Å². The van der Waals surface area contributed by atoms with Gasteiger partial charge in [-0.15, -0.1) is 0 Å². The third-order valence-electron chi connectivity index (χ3n) is 4.58. The number of H-pyrrole nitrogens is 1. The van der Waals surface area contributed by atoms with E-state index in [0.717, 1.165) is 12.1 Å². The molecule has 194 valence electrons. The monoisotopic (exact) mass is 556 g/mol. The first-order valence-corrected chi connectivity index (χ1v) is 19.3. The topological polar surface area (TPSA) is 121 Å². The molecule has 0 aliphatic carbocycles. The largest absolute Gasteiger partial charge is 0.422 e. The fourth-order valence-electron chi connectivity index (χ4n) is 3.24. The van der Waals surface area contributed by atoms with Gasteiger partial charge in [-0.05, 0) is 69.6 Å². The number of hydrogen-bond donors (Lipinski definition) is 1. The molecule has 0 fully saturated rings. The minimum Gasteiger partial charge on any atom is -0.422 e. The summed E-state index contributed by atoms with van der Waals surface area (Å²) in [6.45, 7) is 9.93. The van der Waals surface area contributed by atoms with Crippen LogP contribution in [-0.2, 0) is 18.7 Å². The molecule has 1 N–H and O–H groups in total. The Bertz CT molecular complexity index is 1330. The Kier molecular flexibility index (Phi) is 7.46. The van der Waals surface area contributed by atoms with Crippen molar-refractivity contribution in [3.63, 3.8) is 0 Å². The van der Waals surface area contributed by atoms with Gasteiger partial charge in [0.1, 0.15) is 11.4 Å². The number of benzene rings is 2.